The van der Waals surface area contributed by atoms with Crippen molar-refractivity contribution in [3.05, 3.63) is 71.8 Å². The number of para-hydroxylation sites is 1. The Morgan fingerprint density at radius 3 is 2.77 bits per heavy atom. The zero-order valence-electron chi connectivity index (χ0n) is 11.8. The summed E-state index contributed by atoms with van der Waals surface area (Å²) in [5.41, 5.74) is 2.32. The first-order valence-electron chi connectivity index (χ1n) is 6.75. The molecule has 2 heterocycles. The summed E-state index contributed by atoms with van der Waals surface area (Å²) in [5.74, 6) is 0.550. The first kappa shape index (κ1) is 13.8. The molecule has 0 N–H and O–H groups in total. The summed E-state index contributed by atoms with van der Waals surface area (Å²) in [4.78, 5) is 3.98. The number of pyridine rings is 1. The van der Waals surface area contributed by atoms with Crippen LogP contribution in [0.4, 0.5) is 0 Å². The van der Waals surface area contributed by atoms with Crippen molar-refractivity contribution in [2.45, 2.75) is 13.2 Å². The molecular weight excluding hydrogens is 278 g/mol. The van der Waals surface area contributed by atoms with Gasteiger partial charge >= 0.3 is 0 Å². The average Bonchev–Trinajstić information content (AvgIpc) is 3.01. The molecule has 0 spiro atoms. The molecule has 108 valence electrons. The molecule has 0 atom stereocenters. The fourth-order valence-corrected chi connectivity index (χ4v) is 1.99. The third-order valence-corrected chi connectivity index (χ3v) is 3.06. The van der Waals surface area contributed by atoms with E-state index < -0.39 is 0 Å². The standard InChI is InChI=1S/C16H13N5O/c17-9-14-3-1-2-4-16(14)22-12-15-11-21(20-19-15)10-13-5-7-18-8-6-13/h1-8,11H,10,12H2. The third kappa shape index (κ3) is 3.27. The van der Waals surface area contributed by atoms with E-state index in [0.29, 0.717) is 23.6 Å². The Balaban J connectivity index is 1.64. The molecule has 0 aliphatic heterocycles. The van der Waals surface area contributed by atoms with Crippen molar-refractivity contribution in [2.24, 2.45) is 0 Å². The van der Waals surface area contributed by atoms with Gasteiger partial charge in [-0.3, -0.25) is 4.98 Å². The largest absolute Gasteiger partial charge is 0.486 e. The van der Waals surface area contributed by atoms with Crippen LogP contribution in [-0.2, 0) is 13.2 Å². The molecule has 6 heteroatoms. The molecule has 2 aromatic heterocycles. The molecule has 0 radical (unpaired) electrons. The lowest BCUT2D eigenvalue weighted by atomic mass is 10.2. The van der Waals surface area contributed by atoms with Crippen LogP contribution < -0.4 is 4.74 Å². The zero-order valence-corrected chi connectivity index (χ0v) is 11.8. The highest BCUT2D eigenvalue weighted by Gasteiger charge is 2.05. The molecule has 0 aliphatic rings. The van der Waals surface area contributed by atoms with Gasteiger partial charge in [-0.1, -0.05) is 17.3 Å². The van der Waals surface area contributed by atoms with Crippen molar-refractivity contribution in [1.82, 2.24) is 20.0 Å². The van der Waals surface area contributed by atoms with Gasteiger partial charge < -0.3 is 4.74 Å². The smallest absolute Gasteiger partial charge is 0.137 e. The Hall–Kier alpha value is -3.20. The summed E-state index contributed by atoms with van der Waals surface area (Å²) < 4.78 is 7.37. The van der Waals surface area contributed by atoms with E-state index >= 15 is 0 Å². The summed E-state index contributed by atoms with van der Waals surface area (Å²) >= 11 is 0. The topological polar surface area (TPSA) is 76.6 Å². The summed E-state index contributed by atoms with van der Waals surface area (Å²) in [6.45, 7) is 0.902. The van der Waals surface area contributed by atoms with E-state index in [0.717, 1.165) is 5.56 Å². The minimum atomic E-state index is 0.273. The van der Waals surface area contributed by atoms with Gasteiger partial charge in [-0.15, -0.1) is 5.10 Å². The summed E-state index contributed by atoms with van der Waals surface area (Å²) in [5, 5.41) is 17.2. The maximum absolute atomic E-state index is 9.02. The van der Waals surface area contributed by atoms with Crippen LogP contribution in [0.3, 0.4) is 0 Å². The molecular formula is C16H13N5O. The van der Waals surface area contributed by atoms with Gasteiger partial charge in [-0.25, -0.2) is 4.68 Å². The zero-order chi connectivity index (χ0) is 15.2. The third-order valence-electron chi connectivity index (χ3n) is 3.06. The van der Waals surface area contributed by atoms with Crippen molar-refractivity contribution < 1.29 is 4.74 Å². The van der Waals surface area contributed by atoms with Crippen LogP contribution >= 0.6 is 0 Å². The highest BCUT2D eigenvalue weighted by atomic mass is 16.5. The molecule has 0 amide bonds. The van der Waals surface area contributed by atoms with Gasteiger partial charge in [0, 0.05) is 12.4 Å². The summed E-state index contributed by atoms with van der Waals surface area (Å²) in [6.07, 6.45) is 5.32. The average molecular weight is 291 g/mol. The van der Waals surface area contributed by atoms with E-state index in [1.807, 2.05) is 24.4 Å². The highest BCUT2D eigenvalue weighted by molar-refractivity contribution is 5.42. The Morgan fingerprint density at radius 2 is 1.95 bits per heavy atom. The number of hydrogen-bond acceptors (Lipinski definition) is 5. The second-order valence-corrected chi connectivity index (χ2v) is 4.66. The van der Waals surface area contributed by atoms with Crippen LogP contribution in [0.5, 0.6) is 5.75 Å². The molecule has 6 nitrogen and oxygen atoms in total. The maximum Gasteiger partial charge on any atom is 0.137 e. The second kappa shape index (κ2) is 6.50. The normalized spacial score (nSPS) is 10.1. The monoisotopic (exact) mass is 291 g/mol. The number of rotatable bonds is 5. The van der Waals surface area contributed by atoms with Crippen LogP contribution in [0, 0.1) is 11.3 Å². The Kier molecular flexibility index (Phi) is 4.07. The lowest BCUT2D eigenvalue weighted by molar-refractivity contribution is 0.300. The fourth-order valence-electron chi connectivity index (χ4n) is 1.99. The number of aromatic nitrogens is 4. The molecule has 0 aliphatic carbocycles. The predicted molar refractivity (Wildman–Crippen MR) is 78.9 cm³/mol. The minimum Gasteiger partial charge on any atom is -0.486 e. The van der Waals surface area contributed by atoms with Crippen molar-refractivity contribution in [2.75, 3.05) is 0 Å². The van der Waals surface area contributed by atoms with Crippen molar-refractivity contribution in [3.8, 4) is 11.8 Å². The molecule has 22 heavy (non-hydrogen) atoms. The van der Waals surface area contributed by atoms with Gasteiger partial charge in [0.2, 0.25) is 0 Å². The lowest BCUT2D eigenvalue weighted by Gasteiger charge is -2.04. The molecule has 3 aromatic rings. The predicted octanol–water partition coefficient (Wildman–Crippen LogP) is 2.17. The number of nitriles is 1. The van der Waals surface area contributed by atoms with Crippen LogP contribution in [0.15, 0.2) is 55.0 Å². The second-order valence-electron chi connectivity index (χ2n) is 4.66. The SMILES string of the molecule is N#Cc1ccccc1OCc1cn(Cc2ccncc2)nn1. The summed E-state index contributed by atoms with van der Waals surface area (Å²) in [7, 11) is 0. The lowest BCUT2D eigenvalue weighted by Crippen LogP contribution is -2.00. The van der Waals surface area contributed by atoms with Crippen LogP contribution in [0.2, 0.25) is 0 Å². The number of benzene rings is 1. The Labute approximate surface area is 127 Å². The molecule has 0 fully saturated rings. The van der Waals surface area contributed by atoms with Gasteiger partial charge in [-0.2, -0.15) is 5.26 Å². The van der Waals surface area contributed by atoms with Gasteiger partial charge in [-0.05, 0) is 29.8 Å². The van der Waals surface area contributed by atoms with Gasteiger partial charge in [0.15, 0.2) is 0 Å². The maximum atomic E-state index is 9.02. The molecule has 0 saturated heterocycles. The van der Waals surface area contributed by atoms with Gasteiger partial charge in [0.05, 0.1) is 18.3 Å². The quantitative estimate of drug-likeness (QED) is 0.720. The minimum absolute atomic E-state index is 0.273. The van der Waals surface area contributed by atoms with Crippen LogP contribution in [-0.4, -0.2) is 20.0 Å². The van der Waals surface area contributed by atoms with E-state index in [4.69, 9.17) is 10.00 Å². The highest BCUT2D eigenvalue weighted by Crippen LogP contribution is 2.17. The molecule has 0 unspecified atom stereocenters. The van der Waals surface area contributed by atoms with E-state index in [9.17, 15) is 0 Å². The fraction of sp³-hybridized carbons (Fsp3) is 0.125. The number of nitrogens with zero attached hydrogens (tertiary/aromatic N) is 5. The van der Waals surface area contributed by atoms with Gasteiger partial charge in [0.1, 0.15) is 24.1 Å². The molecule has 1 aromatic carbocycles. The van der Waals surface area contributed by atoms with Crippen molar-refractivity contribution >= 4 is 0 Å². The molecule has 0 saturated carbocycles. The Morgan fingerprint density at radius 1 is 1.14 bits per heavy atom. The molecule has 0 bridgehead atoms. The Bertz CT molecular complexity index is 792. The van der Waals surface area contributed by atoms with E-state index in [1.54, 1.807) is 35.3 Å². The first-order valence-corrected chi connectivity index (χ1v) is 6.75. The number of hydrogen-bond donors (Lipinski definition) is 0. The summed E-state index contributed by atoms with van der Waals surface area (Å²) in [6, 6.07) is 13.1. The van der Waals surface area contributed by atoms with Crippen LogP contribution in [0.25, 0.3) is 0 Å². The number of ether oxygens (including phenoxy) is 1. The van der Waals surface area contributed by atoms with E-state index in [-0.39, 0.29) is 6.61 Å². The van der Waals surface area contributed by atoms with Crippen molar-refractivity contribution in [3.63, 3.8) is 0 Å². The van der Waals surface area contributed by atoms with E-state index in [1.165, 1.54) is 0 Å². The van der Waals surface area contributed by atoms with Crippen LogP contribution in [0.1, 0.15) is 16.8 Å². The van der Waals surface area contributed by atoms with E-state index in [2.05, 4.69) is 21.4 Å². The van der Waals surface area contributed by atoms with Crippen molar-refractivity contribution in [1.29, 1.82) is 5.26 Å². The molecule has 3 rings (SSSR count). The first-order chi connectivity index (χ1) is 10.8. The van der Waals surface area contributed by atoms with Gasteiger partial charge in [0.25, 0.3) is 0 Å².